The van der Waals surface area contributed by atoms with Crippen molar-refractivity contribution < 1.29 is 24.5 Å². The molecule has 1 aliphatic carbocycles. The number of carboxylic acid groups (broad SMARTS) is 2. The first kappa shape index (κ1) is 19.3. The number of aromatic nitrogens is 2. The average Bonchev–Trinajstić information content (AvgIpc) is 3.07. The fourth-order valence-corrected chi connectivity index (χ4v) is 4.47. The molecule has 27 heavy (non-hydrogen) atoms. The van der Waals surface area contributed by atoms with Crippen molar-refractivity contribution in [1.82, 2.24) is 15.1 Å². The summed E-state index contributed by atoms with van der Waals surface area (Å²) >= 11 is 0. The van der Waals surface area contributed by atoms with Gasteiger partial charge in [0.25, 0.3) is 0 Å². The van der Waals surface area contributed by atoms with Gasteiger partial charge in [0.1, 0.15) is 0 Å². The van der Waals surface area contributed by atoms with Crippen LogP contribution in [0, 0.1) is 5.92 Å². The number of aliphatic carboxylic acids is 2. The Balaban J connectivity index is 0.000000307. The standard InChI is InChI=1S/C17H23N3O.C2H2O4/c1-3-20-9-11(10-21-2)7-13-12-5-4-6-14-17(12)15(19-18-14)8-16(13)20;3-1(4)2(5)6/h4-6,11,13,16H,3,7-10H2,1-2H3,(H,18,19);(H,3,4)(H,5,6)/t11-,13?,16-;/m1./s1. The number of H-pyrrole nitrogens is 1. The monoisotopic (exact) mass is 375 g/mol. The minimum atomic E-state index is -1.82. The topological polar surface area (TPSA) is 116 Å². The number of nitrogens with zero attached hydrogens (tertiary/aromatic N) is 2. The predicted molar refractivity (Wildman–Crippen MR) is 98.8 cm³/mol. The molecule has 8 nitrogen and oxygen atoms in total. The van der Waals surface area contributed by atoms with E-state index in [1.54, 1.807) is 0 Å². The molecule has 1 unspecified atom stereocenters. The summed E-state index contributed by atoms with van der Waals surface area (Å²) in [5.74, 6) is -2.39. The Hall–Kier alpha value is -2.45. The van der Waals surface area contributed by atoms with E-state index in [0.29, 0.717) is 17.9 Å². The fourth-order valence-electron chi connectivity index (χ4n) is 4.47. The zero-order valence-corrected chi connectivity index (χ0v) is 15.5. The van der Waals surface area contributed by atoms with E-state index in [0.717, 1.165) is 31.6 Å². The van der Waals surface area contributed by atoms with Gasteiger partial charge in [0, 0.05) is 43.1 Å². The summed E-state index contributed by atoms with van der Waals surface area (Å²) in [5, 5.41) is 23.9. The van der Waals surface area contributed by atoms with Gasteiger partial charge in [0.2, 0.25) is 0 Å². The third kappa shape index (κ3) is 3.81. The largest absolute Gasteiger partial charge is 0.473 e. The molecule has 3 N–H and O–H groups in total. The number of benzene rings is 1. The van der Waals surface area contributed by atoms with Gasteiger partial charge in [0.15, 0.2) is 0 Å². The van der Waals surface area contributed by atoms with E-state index in [-0.39, 0.29) is 0 Å². The third-order valence-electron chi connectivity index (χ3n) is 5.51. The molecule has 1 aliphatic heterocycles. The molecule has 0 radical (unpaired) electrons. The summed E-state index contributed by atoms with van der Waals surface area (Å²) in [4.78, 5) is 20.8. The van der Waals surface area contributed by atoms with E-state index < -0.39 is 11.9 Å². The summed E-state index contributed by atoms with van der Waals surface area (Å²) in [6.07, 6.45) is 2.34. The Morgan fingerprint density at radius 1 is 1.33 bits per heavy atom. The highest BCUT2D eigenvalue weighted by Crippen LogP contribution is 2.43. The number of hydrogen-bond acceptors (Lipinski definition) is 5. The van der Waals surface area contributed by atoms with Crippen molar-refractivity contribution in [2.24, 2.45) is 5.92 Å². The van der Waals surface area contributed by atoms with E-state index >= 15 is 0 Å². The van der Waals surface area contributed by atoms with Gasteiger partial charge in [0.05, 0.1) is 12.1 Å². The molecule has 1 saturated heterocycles. The highest BCUT2D eigenvalue weighted by atomic mass is 16.5. The van der Waals surface area contributed by atoms with Crippen molar-refractivity contribution in [3.63, 3.8) is 0 Å². The molecule has 1 aromatic carbocycles. The molecule has 0 amide bonds. The van der Waals surface area contributed by atoms with Crippen molar-refractivity contribution in [2.45, 2.75) is 31.7 Å². The lowest BCUT2D eigenvalue weighted by Crippen LogP contribution is -2.50. The number of fused-ring (bicyclic) bond motifs is 2. The number of ether oxygens (including phenoxy) is 1. The maximum absolute atomic E-state index is 9.10. The lowest BCUT2D eigenvalue weighted by atomic mass is 9.73. The van der Waals surface area contributed by atoms with Crippen LogP contribution >= 0.6 is 0 Å². The predicted octanol–water partition coefficient (Wildman–Crippen LogP) is 1.71. The van der Waals surface area contributed by atoms with E-state index in [9.17, 15) is 0 Å². The Kier molecular flexibility index (Phi) is 5.76. The SMILES string of the molecule is CCN1C[C@H](COC)CC2c3cccc4n[nH]c(c34)C[C@H]21.O=C(O)C(=O)O. The second-order valence-corrected chi connectivity index (χ2v) is 7.08. The minimum Gasteiger partial charge on any atom is -0.473 e. The van der Waals surface area contributed by atoms with Crippen LogP contribution in [0.4, 0.5) is 0 Å². The van der Waals surface area contributed by atoms with Gasteiger partial charge in [-0.15, -0.1) is 0 Å². The van der Waals surface area contributed by atoms with Gasteiger partial charge in [-0.05, 0) is 30.5 Å². The van der Waals surface area contributed by atoms with Gasteiger partial charge in [-0.25, -0.2) is 9.59 Å². The van der Waals surface area contributed by atoms with E-state index in [4.69, 9.17) is 24.5 Å². The van der Waals surface area contributed by atoms with Crippen LogP contribution in [0.5, 0.6) is 0 Å². The van der Waals surface area contributed by atoms with Crippen LogP contribution in [0.3, 0.4) is 0 Å². The van der Waals surface area contributed by atoms with Crippen LogP contribution in [0.1, 0.15) is 30.5 Å². The number of piperidine rings is 1. The Labute approximate surface area is 157 Å². The van der Waals surface area contributed by atoms with Crippen molar-refractivity contribution in [1.29, 1.82) is 0 Å². The molecule has 2 heterocycles. The molecule has 3 atom stereocenters. The lowest BCUT2D eigenvalue weighted by Gasteiger charge is -2.46. The second-order valence-electron chi connectivity index (χ2n) is 7.08. The van der Waals surface area contributed by atoms with Gasteiger partial charge < -0.3 is 14.9 Å². The highest BCUT2D eigenvalue weighted by molar-refractivity contribution is 6.27. The van der Waals surface area contributed by atoms with Crippen LogP contribution in [0.25, 0.3) is 10.9 Å². The zero-order valence-electron chi connectivity index (χ0n) is 15.5. The lowest BCUT2D eigenvalue weighted by molar-refractivity contribution is -0.159. The number of nitrogens with one attached hydrogen (secondary N) is 1. The molecule has 2 aromatic rings. The van der Waals surface area contributed by atoms with E-state index in [1.165, 1.54) is 23.1 Å². The number of carboxylic acids is 2. The average molecular weight is 375 g/mol. The number of aromatic amines is 1. The molecule has 8 heteroatoms. The van der Waals surface area contributed by atoms with E-state index in [1.807, 2.05) is 7.11 Å². The first-order valence-corrected chi connectivity index (χ1v) is 9.11. The Morgan fingerprint density at radius 3 is 2.70 bits per heavy atom. The molecule has 0 spiro atoms. The maximum Gasteiger partial charge on any atom is 0.414 e. The normalized spacial score (nSPS) is 24.0. The highest BCUT2D eigenvalue weighted by Gasteiger charge is 2.40. The first-order chi connectivity index (χ1) is 13.0. The quantitative estimate of drug-likeness (QED) is 0.700. The number of hydrogen-bond donors (Lipinski definition) is 3. The van der Waals surface area contributed by atoms with Gasteiger partial charge in [-0.2, -0.15) is 5.10 Å². The van der Waals surface area contributed by atoms with Gasteiger partial charge in [-0.1, -0.05) is 19.1 Å². The summed E-state index contributed by atoms with van der Waals surface area (Å²) in [5.41, 5.74) is 3.94. The molecule has 146 valence electrons. The van der Waals surface area contributed by atoms with Gasteiger partial charge in [-0.3, -0.25) is 10.00 Å². The van der Waals surface area contributed by atoms with Crippen LogP contribution in [-0.2, 0) is 20.7 Å². The Morgan fingerprint density at radius 2 is 2.07 bits per heavy atom. The number of carbonyl (C=O) groups is 2. The maximum atomic E-state index is 9.10. The first-order valence-electron chi connectivity index (χ1n) is 9.11. The molecular formula is C19H25N3O5. The second kappa shape index (κ2) is 8.06. The van der Waals surface area contributed by atoms with Crippen molar-refractivity contribution >= 4 is 22.8 Å². The molecular weight excluding hydrogens is 350 g/mol. The van der Waals surface area contributed by atoms with Crippen LogP contribution in [0.2, 0.25) is 0 Å². The summed E-state index contributed by atoms with van der Waals surface area (Å²) in [7, 11) is 1.82. The van der Waals surface area contributed by atoms with Crippen LogP contribution in [0.15, 0.2) is 18.2 Å². The van der Waals surface area contributed by atoms with E-state index in [2.05, 4.69) is 40.2 Å². The number of likely N-dealkylation sites (N-methyl/N-ethyl adjacent to an activating group) is 1. The third-order valence-corrected chi connectivity index (χ3v) is 5.51. The summed E-state index contributed by atoms with van der Waals surface area (Å²) in [6, 6.07) is 7.19. The summed E-state index contributed by atoms with van der Waals surface area (Å²) < 4.78 is 5.44. The number of rotatable bonds is 3. The number of likely N-dealkylation sites (tertiary alicyclic amines) is 1. The van der Waals surface area contributed by atoms with Crippen LogP contribution in [-0.4, -0.2) is 70.1 Å². The van der Waals surface area contributed by atoms with Crippen molar-refractivity contribution in [3.8, 4) is 0 Å². The van der Waals surface area contributed by atoms with Crippen molar-refractivity contribution in [3.05, 3.63) is 29.5 Å². The Bertz CT molecular complexity index is 822. The molecule has 0 saturated carbocycles. The smallest absolute Gasteiger partial charge is 0.414 e. The zero-order chi connectivity index (χ0) is 19.6. The van der Waals surface area contributed by atoms with Gasteiger partial charge >= 0.3 is 11.9 Å². The molecule has 0 bridgehead atoms. The molecule has 1 fully saturated rings. The molecule has 1 aromatic heterocycles. The van der Waals surface area contributed by atoms with Crippen LogP contribution < -0.4 is 0 Å². The molecule has 4 rings (SSSR count). The summed E-state index contributed by atoms with van der Waals surface area (Å²) in [6.45, 7) is 5.41. The minimum absolute atomic E-state index is 0.613. The number of methoxy groups -OCH3 is 1. The fraction of sp³-hybridized carbons (Fsp3) is 0.526. The molecule has 2 aliphatic rings. The van der Waals surface area contributed by atoms with Crippen molar-refractivity contribution in [2.75, 3.05) is 26.8 Å².